The van der Waals surface area contributed by atoms with Gasteiger partial charge >= 0.3 is 0 Å². The number of hydrogen-bond acceptors (Lipinski definition) is 6. The van der Waals surface area contributed by atoms with Crippen molar-refractivity contribution in [1.82, 2.24) is 24.7 Å². The molecule has 5 rings (SSSR count). The number of rotatable bonds is 5. The second-order valence-electron chi connectivity index (χ2n) is 8.70. The topological polar surface area (TPSA) is 88.5 Å². The highest BCUT2D eigenvalue weighted by molar-refractivity contribution is 7.88. The fraction of sp³-hybridized carbons (Fsp3) is 0.833. The van der Waals surface area contributed by atoms with Gasteiger partial charge in [0.2, 0.25) is 10.0 Å². The summed E-state index contributed by atoms with van der Waals surface area (Å²) in [6.07, 6.45) is 4.70. The van der Waals surface area contributed by atoms with Crippen LogP contribution in [0.5, 0.6) is 0 Å². The van der Waals surface area contributed by atoms with Crippen LogP contribution in [-0.2, 0) is 34.4 Å². The molecule has 0 amide bonds. The van der Waals surface area contributed by atoms with Crippen molar-refractivity contribution in [2.24, 2.45) is 11.8 Å². The Labute approximate surface area is 160 Å². The van der Waals surface area contributed by atoms with Crippen LogP contribution in [0.1, 0.15) is 30.7 Å². The Morgan fingerprint density at radius 2 is 2.37 bits per heavy atom. The molecule has 2 N–H and O–H groups in total. The maximum Gasteiger partial charge on any atom is 0.208 e. The van der Waals surface area contributed by atoms with Crippen molar-refractivity contribution in [2.75, 3.05) is 32.4 Å². The zero-order chi connectivity index (χ0) is 18.6. The third-order valence-electron chi connectivity index (χ3n) is 6.76. The SMILES string of the molecule is CS(=O)(=O)NC[C@H]1[C@H]2CN(Cc3cc4n(n3)CCCNC4)C[C@]23CC[C@H]1O3. The molecule has 0 aliphatic carbocycles. The Kier molecular flexibility index (Phi) is 4.36. The Bertz CT molecular complexity index is 801. The van der Waals surface area contributed by atoms with E-state index >= 15 is 0 Å². The van der Waals surface area contributed by atoms with Crippen LogP contribution >= 0.6 is 0 Å². The normalized spacial score (nSPS) is 36.0. The molecule has 0 unspecified atom stereocenters. The van der Waals surface area contributed by atoms with E-state index in [2.05, 4.69) is 25.7 Å². The fourth-order valence-corrected chi connectivity index (χ4v) is 6.15. The summed E-state index contributed by atoms with van der Waals surface area (Å²) >= 11 is 0. The van der Waals surface area contributed by atoms with Gasteiger partial charge < -0.3 is 10.1 Å². The average Bonchev–Trinajstić information content (AvgIpc) is 3.29. The molecule has 1 aromatic heterocycles. The predicted molar refractivity (Wildman–Crippen MR) is 100 cm³/mol. The second-order valence-corrected chi connectivity index (χ2v) is 10.5. The van der Waals surface area contributed by atoms with Crippen LogP contribution < -0.4 is 10.0 Å². The molecule has 4 aliphatic rings. The smallest absolute Gasteiger partial charge is 0.208 e. The number of fused-ring (bicyclic) bond motifs is 2. The van der Waals surface area contributed by atoms with Crippen LogP contribution in [-0.4, -0.2) is 67.2 Å². The average molecular weight is 396 g/mol. The van der Waals surface area contributed by atoms with Crippen molar-refractivity contribution in [3.8, 4) is 0 Å². The summed E-state index contributed by atoms with van der Waals surface area (Å²) in [4.78, 5) is 2.45. The maximum atomic E-state index is 11.5. The van der Waals surface area contributed by atoms with Gasteiger partial charge in [0.1, 0.15) is 0 Å². The molecule has 3 fully saturated rings. The zero-order valence-corrected chi connectivity index (χ0v) is 16.7. The number of hydrogen-bond donors (Lipinski definition) is 2. The molecule has 1 aromatic rings. The third kappa shape index (κ3) is 3.33. The van der Waals surface area contributed by atoms with Crippen LogP contribution in [0, 0.1) is 11.8 Å². The third-order valence-corrected chi connectivity index (χ3v) is 7.46. The van der Waals surface area contributed by atoms with E-state index in [4.69, 9.17) is 9.84 Å². The molecule has 150 valence electrons. The molecule has 0 radical (unpaired) electrons. The quantitative estimate of drug-likeness (QED) is 0.724. The van der Waals surface area contributed by atoms with Gasteiger partial charge in [-0.05, 0) is 31.9 Å². The highest BCUT2D eigenvalue weighted by atomic mass is 32.2. The van der Waals surface area contributed by atoms with Crippen LogP contribution in [0.3, 0.4) is 0 Å². The molecule has 4 atom stereocenters. The number of likely N-dealkylation sites (tertiary alicyclic amines) is 1. The standard InChI is InChI=1S/C18H29N5O3S/c1-27(24,25)20-9-15-16-11-22(12-18(16)4-3-17(15)26-18)10-13-7-14-8-19-5-2-6-23(14)21-13/h7,15-17,19-20H,2-6,8-12H2,1H3/t15-,16+,17+,18+/m0/s1. The van der Waals surface area contributed by atoms with E-state index in [1.807, 2.05) is 0 Å². The van der Waals surface area contributed by atoms with Gasteiger partial charge in [0.25, 0.3) is 0 Å². The van der Waals surface area contributed by atoms with Gasteiger partial charge in [-0.1, -0.05) is 0 Å². The minimum Gasteiger partial charge on any atom is -0.370 e. The molecule has 4 aliphatic heterocycles. The molecule has 1 spiro atoms. The predicted octanol–water partition coefficient (Wildman–Crippen LogP) is -0.0950. The Balaban J connectivity index is 1.28. The molecule has 27 heavy (non-hydrogen) atoms. The lowest BCUT2D eigenvalue weighted by atomic mass is 9.74. The van der Waals surface area contributed by atoms with Crippen molar-refractivity contribution < 1.29 is 13.2 Å². The van der Waals surface area contributed by atoms with Gasteiger partial charge in [-0.25, -0.2) is 13.1 Å². The van der Waals surface area contributed by atoms with E-state index in [0.717, 1.165) is 64.2 Å². The Hall–Kier alpha value is -1.00. The number of aromatic nitrogens is 2. The summed E-state index contributed by atoms with van der Waals surface area (Å²) in [5.74, 6) is 0.689. The number of aryl methyl sites for hydroxylation is 1. The molecular weight excluding hydrogens is 366 g/mol. The van der Waals surface area contributed by atoms with E-state index < -0.39 is 10.0 Å². The van der Waals surface area contributed by atoms with E-state index in [-0.39, 0.29) is 17.6 Å². The van der Waals surface area contributed by atoms with Crippen LogP contribution in [0.4, 0.5) is 0 Å². The van der Waals surface area contributed by atoms with Crippen molar-refractivity contribution in [3.63, 3.8) is 0 Å². The minimum absolute atomic E-state index is 0.0765. The Morgan fingerprint density at radius 1 is 1.48 bits per heavy atom. The van der Waals surface area contributed by atoms with E-state index in [9.17, 15) is 8.42 Å². The van der Waals surface area contributed by atoms with Crippen molar-refractivity contribution in [2.45, 2.75) is 50.6 Å². The van der Waals surface area contributed by atoms with Gasteiger partial charge in [-0.15, -0.1) is 0 Å². The van der Waals surface area contributed by atoms with Gasteiger partial charge in [0, 0.05) is 51.1 Å². The Morgan fingerprint density at radius 3 is 3.22 bits per heavy atom. The zero-order valence-electron chi connectivity index (χ0n) is 15.9. The maximum absolute atomic E-state index is 11.5. The summed E-state index contributed by atoms with van der Waals surface area (Å²) < 4.78 is 34.3. The number of nitrogens with one attached hydrogen (secondary N) is 2. The largest absolute Gasteiger partial charge is 0.370 e. The van der Waals surface area contributed by atoms with Crippen molar-refractivity contribution >= 4 is 10.0 Å². The summed E-state index contributed by atoms with van der Waals surface area (Å²) in [5.41, 5.74) is 2.32. The van der Waals surface area contributed by atoms with Gasteiger partial charge in [0.05, 0.1) is 29.3 Å². The summed E-state index contributed by atoms with van der Waals surface area (Å²) in [7, 11) is -3.16. The highest BCUT2D eigenvalue weighted by Crippen LogP contribution is 2.54. The van der Waals surface area contributed by atoms with Crippen LogP contribution in [0.25, 0.3) is 0 Å². The molecule has 8 nitrogen and oxygen atoms in total. The first-order chi connectivity index (χ1) is 12.9. The highest BCUT2D eigenvalue weighted by Gasteiger charge is 2.62. The molecule has 9 heteroatoms. The summed E-state index contributed by atoms with van der Waals surface area (Å²) in [6.45, 7) is 6.17. The lowest BCUT2D eigenvalue weighted by molar-refractivity contribution is 0.00210. The first-order valence-electron chi connectivity index (χ1n) is 10.0. The molecule has 3 saturated heterocycles. The lowest BCUT2D eigenvalue weighted by Gasteiger charge is -2.29. The molecule has 5 heterocycles. The molecule has 0 aromatic carbocycles. The summed E-state index contributed by atoms with van der Waals surface area (Å²) in [6, 6.07) is 2.23. The van der Waals surface area contributed by atoms with E-state index in [1.165, 1.54) is 11.9 Å². The number of nitrogens with zero attached hydrogens (tertiary/aromatic N) is 3. The molecule has 0 saturated carbocycles. The molecule has 2 bridgehead atoms. The second kappa shape index (κ2) is 6.52. The van der Waals surface area contributed by atoms with Gasteiger partial charge in [0.15, 0.2) is 0 Å². The van der Waals surface area contributed by atoms with Crippen LogP contribution in [0.15, 0.2) is 6.07 Å². The van der Waals surface area contributed by atoms with Gasteiger partial charge in [-0.2, -0.15) is 5.10 Å². The fourth-order valence-electron chi connectivity index (χ4n) is 5.66. The van der Waals surface area contributed by atoms with Crippen molar-refractivity contribution in [3.05, 3.63) is 17.5 Å². The number of sulfonamides is 1. The van der Waals surface area contributed by atoms with Gasteiger partial charge in [-0.3, -0.25) is 9.58 Å². The van der Waals surface area contributed by atoms with E-state index in [1.54, 1.807) is 0 Å². The van der Waals surface area contributed by atoms with E-state index in [0.29, 0.717) is 12.5 Å². The lowest BCUT2D eigenvalue weighted by Crippen LogP contribution is -2.41. The first kappa shape index (κ1) is 18.1. The molecular formula is C18H29N5O3S. The minimum atomic E-state index is -3.16. The monoisotopic (exact) mass is 395 g/mol. The van der Waals surface area contributed by atoms with Crippen molar-refractivity contribution in [1.29, 1.82) is 0 Å². The number of ether oxygens (including phenoxy) is 1. The summed E-state index contributed by atoms with van der Waals surface area (Å²) in [5, 5.41) is 8.26. The van der Waals surface area contributed by atoms with Crippen LogP contribution in [0.2, 0.25) is 0 Å². The first-order valence-corrected chi connectivity index (χ1v) is 11.9.